The first-order chi connectivity index (χ1) is 15.4. The number of benzene rings is 3. The fourth-order valence-electron chi connectivity index (χ4n) is 2.81. The standard InChI is InChI=1S/C25H24N4O3/c1-29(2)21-13-11-18(12-14-21)16-23(27-24(31)20-8-4-3-5-9-20)25(32)28-26-17-19-7-6-10-22(30)15-19/h3-17,30H,1-2H3,(H,27,31)(H,28,32)/b23-16-,26-17+. The van der Waals surface area contributed by atoms with Crippen LogP contribution >= 0.6 is 0 Å². The molecular formula is C25H24N4O3. The fraction of sp³-hybridized carbons (Fsp3) is 0.0800. The van der Waals surface area contributed by atoms with E-state index in [9.17, 15) is 14.7 Å². The lowest BCUT2D eigenvalue weighted by Gasteiger charge is -2.12. The van der Waals surface area contributed by atoms with E-state index < -0.39 is 11.8 Å². The molecule has 0 aliphatic rings. The second-order valence-electron chi connectivity index (χ2n) is 7.16. The Balaban J connectivity index is 1.81. The number of carbonyl (C=O) groups is 2. The molecule has 0 fully saturated rings. The highest BCUT2D eigenvalue weighted by Crippen LogP contribution is 2.15. The van der Waals surface area contributed by atoms with Crippen LogP contribution in [-0.2, 0) is 4.79 Å². The number of hydrogen-bond acceptors (Lipinski definition) is 5. The highest BCUT2D eigenvalue weighted by Gasteiger charge is 2.14. The molecule has 32 heavy (non-hydrogen) atoms. The van der Waals surface area contributed by atoms with Gasteiger partial charge in [0.1, 0.15) is 11.4 Å². The van der Waals surface area contributed by atoms with Crippen molar-refractivity contribution in [3.63, 3.8) is 0 Å². The van der Waals surface area contributed by atoms with Gasteiger partial charge in [0.25, 0.3) is 11.8 Å². The maximum atomic E-state index is 12.8. The Hall–Kier alpha value is -4.39. The van der Waals surface area contributed by atoms with Crippen LogP contribution in [0.1, 0.15) is 21.5 Å². The molecule has 0 spiro atoms. The highest BCUT2D eigenvalue weighted by atomic mass is 16.3. The Labute approximate surface area is 186 Å². The van der Waals surface area contributed by atoms with Crippen molar-refractivity contribution in [2.75, 3.05) is 19.0 Å². The van der Waals surface area contributed by atoms with Crippen LogP contribution < -0.4 is 15.6 Å². The number of carbonyl (C=O) groups excluding carboxylic acids is 2. The first-order valence-corrected chi connectivity index (χ1v) is 9.90. The second kappa shape index (κ2) is 10.6. The van der Waals surface area contributed by atoms with E-state index in [4.69, 9.17) is 0 Å². The summed E-state index contributed by atoms with van der Waals surface area (Å²) in [6.45, 7) is 0. The molecule has 7 nitrogen and oxygen atoms in total. The van der Waals surface area contributed by atoms with Crippen LogP contribution in [0, 0.1) is 0 Å². The molecule has 7 heteroatoms. The van der Waals surface area contributed by atoms with Gasteiger partial charge in [-0.1, -0.05) is 42.5 Å². The minimum Gasteiger partial charge on any atom is -0.508 e. The molecule has 0 bridgehead atoms. The van der Waals surface area contributed by atoms with Gasteiger partial charge in [0.15, 0.2) is 0 Å². The normalized spacial score (nSPS) is 11.2. The lowest BCUT2D eigenvalue weighted by atomic mass is 10.1. The van der Waals surface area contributed by atoms with Crippen LogP contribution in [0.2, 0.25) is 0 Å². The van der Waals surface area contributed by atoms with Crippen LogP contribution in [0.4, 0.5) is 5.69 Å². The number of rotatable bonds is 7. The molecular weight excluding hydrogens is 404 g/mol. The van der Waals surface area contributed by atoms with Crippen LogP contribution in [0.25, 0.3) is 6.08 Å². The summed E-state index contributed by atoms with van der Waals surface area (Å²) in [5.41, 5.74) is 5.26. The van der Waals surface area contributed by atoms with E-state index in [-0.39, 0.29) is 11.4 Å². The maximum absolute atomic E-state index is 12.8. The summed E-state index contributed by atoms with van der Waals surface area (Å²) in [7, 11) is 3.88. The quantitative estimate of drug-likeness (QED) is 0.306. The van der Waals surface area contributed by atoms with Crippen molar-refractivity contribution in [2.24, 2.45) is 5.10 Å². The number of amides is 2. The molecule has 0 aliphatic carbocycles. The zero-order valence-electron chi connectivity index (χ0n) is 17.8. The summed E-state index contributed by atoms with van der Waals surface area (Å²) in [4.78, 5) is 27.4. The molecule has 3 rings (SSSR count). The topological polar surface area (TPSA) is 94.0 Å². The molecule has 0 aliphatic heterocycles. The molecule has 0 unspecified atom stereocenters. The summed E-state index contributed by atoms with van der Waals surface area (Å²) in [6.07, 6.45) is 2.99. The first kappa shape index (κ1) is 22.3. The molecule has 3 aromatic rings. The van der Waals surface area contributed by atoms with E-state index in [0.29, 0.717) is 11.1 Å². The predicted octanol–water partition coefficient (Wildman–Crippen LogP) is 3.38. The van der Waals surface area contributed by atoms with E-state index in [1.165, 1.54) is 18.3 Å². The highest BCUT2D eigenvalue weighted by molar-refractivity contribution is 6.05. The van der Waals surface area contributed by atoms with Crippen molar-refractivity contribution < 1.29 is 14.7 Å². The molecule has 3 N–H and O–H groups in total. The SMILES string of the molecule is CN(C)c1ccc(/C=C(\NC(=O)c2ccccc2)C(=O)N/N=C/c2cccc(O)c2)cc1. The van der Waals surface area contributed by atoms with Gasteiger partial charge in [-0.15, -0.1) is 0 Å². The van der Waals surface area contributed by atoms with Gasteiger partial charge in [0.2, 0.25) is 0 Å². The predicted molar refractivity (Wildman–Crippen MR) is 126 cm³/mol. The number of nitrogens with zero attached hydrogens (tertiary/aromatic N) is 2. The van der Waals surface area contributed by atoms with Gasteiger partial charge in [-0.05, 0) is 53.6 Å². The molecule has 0 atom stereocenters. The third-order valence-corrected chi connectivity index (χ3v) is 4.50. The number of nitrogens with one attached hydrogen (secondary N) is 2. The Bertz CT molecular complexity index is 1140. The van der Waals surface area contributed by atoms with Crippen LogP contribution in [-0.4, -0.2) is 37.2 Å². The van der Waals surface area contributed by atoms with Crippen molar-refractivity contribution >= 4 is 29.8 Å². The van der Waals surface area contributed by atoms with Gasteiger partial charge in [0.05, 0.1) is 6.21 Å². The van der Waals surface area contributed by atoms with E-state index in [1.54, 1.807) is 42.5 Å². The second-order valence-corrected chi connectivity index (χ2v) is 7.16. The van der Waals surface area contributed by atoms with E-state index in [2.05, 4.69) is 15.8 Å². The van der Waals surface area contributed by atoms with Gasteiger partial charge in [0, 0.05) is 25.3 Å². The molecule has 0 aromatic heterocycles. The van der Waals surface area contributed by atoms with Crippen LogP contribution in [0.3, 0.4) is 0 Å². The lowest BCUT2D eigenvalue weighted by molar-refractivity contribution is -0.117. The fourth-order valence-corrected chi connectivity index (χ4v) is 2.81. The molecule has 0 heterocycles. The molecule has 0 radical (unpaired) electrons. The number of phenols is 1. The summed E-state index contributed by atoms with van der Waals surface area (Å²) in [5.74, 6) is -0.895. The van der Waals surface area contributed by atoms with Crippen molar-refractivity contribution in [1.29, 1.82) is 0 Å². The van der Waals surface area contributed by atoms with E-state index in [0.717, 1.165) is 11.3 Å². The average Bonchev–Trinajstić information content (AvgIpc) is 2.79. The third-order valence-electron chi connectivity index (χ3n) is 4.50. The molecule has 0 saturated heterocycles. The maximum Gasteiger partial charge on any atom is 0.287 e. The van der Waals surface area contributed by atoms with Crippen molar-refractivity contribution in [1.82, 2.24) is 10.7 Å². The summed E-state index contributed by atoms with van der Waals surface area (Å²) in [5, 5.41) is 16.1. The molecule has 2 amide bonds. The monoisotopic (exact) mass is 428 g/mol. The number of anilines is 1. The molecule has 162 valence electrons. The minimum atomic E-state index is -0.581. The van der Waals surface area contributed by atoms with Gasteiger partial charge < -0.3 is 15.3 Å². The molecule has 3 aromatic carbocycles. The third kappa shape index (κ3) is 6.30. The van der Waals surface area contributed by atoms with Crippen LogP contribution in [0.5, 0.6) is 5.75 Å². The Morgan fingerprint density at radius 2 is 1.62 bits per heavy atom. The largest absolute Gasteiger partial charge is 0.508 e. The minimum absolute atomic E-state index is 0.0458. The Kier molecular flexibility index (Phi) is 7.37. The summed E-state index contributed by atoms with van der Waals surface area (Å²) in [6, 6.07) is 22.6. The summed E-state index contributed by atoms with van der Waals surface area (Å²) < 4.78 is 0. The lowest BCUT2D eigenvalue weighted by Crippen LogP contribution is -2.32. The van der Waals surface area contributed by atoms with Gasteiger partial charge in [-0.3, -0.25) is 9.59 Å². The van der Waals surface area contributed by atoms with E-state index in [1.807, 2.05) is 49.3 Å². The zero-order chi connectivity index (χ0) is 22.9. The van der Waals surface area contributed by atoms with Gasteiger partial charge in [-0.2, -0.15) is 5.10 Å². The zero-order valence-corrected chi connectivity index (χ0v) is 17.8. The number of hydrogen-bond donors (Lipinski definition) is 3. The van der Waals surface area contributed by atoms with Gasteiger partial charge >= 0.3 is 0 Å². The number of aromatic hydroxyl groups is 1. The Morgan fingerprint density at radius 3 is 2.28 bits per heavy atom. The average molecular weight is 428 g/mol. The van der Waals surface area contributed by atoms with Crippen molar-refractivity contribution in [3.05, 3.63) is 101 Å². The Morgan fingerprint density at radius 1 is 0.906 bits per heavy atom. The number of phenolic OH excluding ortho intramolecular Hbond substituents is 1. The summed E-state index contributed by atoms with van der Waals surface area (Å²) >= 11 is 0. The van der Waals surface area contributed by atoms with E-state index >= 15 is 0 Å². The first-order valence-electron chi connectivity index (χ1n) is 9.90. The smallest absolute Gasteiger partial charge is 0.287 e. The van der Waals surface area contributed by atoms with Crippen molar-refractivity contribution in [3.8, 4) is 5.75 Å². The molecule has 0 saturated carbocycles. The van der Waals surface area contributed by atoms with Gasteiger partial charge in [-0.25, -0.2) is 5.43 Å². The number of hydrazone groups is 1. The van der Waals surface area contributed by atoms with Crippen molar-refractivity contribution in [2.45, 2.75) is 0 Å². The van der Waals surface area contributed by atoms with Crippen LogP contribution in [0.15, 0.2) is 89.7 Å².